The monoisotopic (exact) mass is 362 g/mol. The van der Waals surface area contributed by atoms with Crippen LogP contribution < -0.4 is 10.6 Å². The van der Waals surface area contributed by atoms with Gasteiger partial charge >= 0.3 is 6.09 Å². The molecular weight excluding hydrogens is 336 g/mol. The molecule has 0 saturated carbocycles. The summed E-state index contributed by atoms with van der Waals surface area (Å²) in [5.74, 6) is -0.241. The Morgan fingerprint density at radius 3 is 2.27 bits per heavy atom. The van der Waals surface area contributed by atoms with Gasteiger partial charge in [0.15, 0.2) is 0 Å². The number of benzene rings is 1. The maximum absolute atomic E-state index is 12.9. The van der Waals surface area contributed by atoms with Gasteiger partial charge in [0.2, 0.25) is 11.8 Å². The molecule has 8 heteroatoms. The van der Waals surface area contributed by atoms with Crippen molar-refractivity contribution in [2.75, 3.05) is 38.5 Å². The predicted molar refractivity (Wildman–Crippen MR) is 98.1 cm³/mol. The topological polar surface area (TPSA) is 102 Å². The lowest BCUT2D eigenvalue weighted by atomic mass is 10.0. The van der Waals surface area contributed by atoms with Crippen molar-refractivity contribution in [2.24, 2.45) is 0 Å². The molecule has 3 amide bonds. The van der Waals surface area contributed by atoms with Gasteiger partial charge in [0.25, 0.3) is 0 Å². The molecule has 1 fully saturated rings. The summed E-state index contributed by atoms with van der Waals surface area (Å²) < 4.78 is 0. The number of amides is 3. The Labute approximate surface area is 153 Å². The lowest BCUT2D eigenvalue weighted by Gasteiger charge is -2.34. The molecule has 1 aromatic rings. The molecule has 1 aliphatic rings. The Kier molecular flexibility index (Phi) is 6.97. The van der Waals surface area contributed by atoms with Crippen molar-refractivity contribution in [3.63, 3.8) is 0 Å². The van der Waals surface area contributed by atoms with Crippen LogP contribution in [-0.2, 0) is 16.0 Å². The summed E-state index contributed by atoms with van der Waals surface area (Å²) in [6.45, 7) is 4.68. The quantitative estimate of drug-likeness (QED) is 0.700. The number of nitrogens with zero attached hydrogens (tertiary/aromatic N) is 2. The number of hydrogen-bond donors (Lipinski definition) is 3. The number of likely N-dealkylation sites (N-methyl/N-ethyl adjacent to an activating group) is 1. The molecule has 1 aromatic carbocycles. The molecule has 1 unspecified atom stereocenters. The molecule has 1 atom stereocenters. The minimum Gasteiger partial charge on any atom is -0.465 e. The van der Waals surface area contributed by atoms with Gasteiger partial charge < -0.3 is 20.2 Å². The molecule has 0 aromatic heterocycles. The van der Waals surface area contributed by atoms with Crippen molar-refractivity contribution in [2.45, 2.75) is 25.8 Å². The summed E-state index contributed by atoms with van der Waals surface area (Å²) in [4.78, 5) is 39.4. The molecule has 1 heterocycles. The Balaban J connectivity index is 2.07. The van der Waals surface area contributed by atoms with E-state index in [2.05, 4.69) is 15.5 Å². The summed E-state index contributed by atoms with van der Waals surface area (Å²) in [5.41, 5.74) is 1.31. The predicted octanol–water partition coefficient (Wildman–Crippen LogP) is 0.988. The third kappa shape index (κ3) is 5.73. The van der Waals surface area contributed by atoms with E-state index in [1.54, 1.807) is 36.1 Å². The number of rotatable bonds is 6. The number of anilines is 1. The van der Waals surface area contributed by atoms with Gasteiger partial charge in [-0.15, -0.1) is 0 Å². The van der Waals surface area contributed by atoms with Crippen molar-refractivity contribution in [3.05, 3.63) is 29.8 Å². The van der Waals surface area contributed by atoms with Crippen LogP contribution in [0.2, 0.25) is 0 Å². The first-order chi connectivity index (χ1) is 12.4. The van der Waals surface area contributed by atoms with E-state index < -0.39 is 12.1 Å². The van der Waals surface area contributed by atoms with E-state index in [1.165, 1.54) is 0 Å². The summed E-state index contributed by atoms with van der Waals surface area (Å²) in [6, 6.07) is 6.18. The molecule has 1 saturated heterocycles. The van der Waals surface area contributed by atoms with Crippen LogP contribution in [0.5, 0.6) is 0 Å². The van der Waals surface area contributed by atoms with Gasteiger partial charge in [-0.1, -0.05) is 19.1 Å². The fourth-order valence-electron chi connectivity index (χ4n) is 2.83. The Bertz CT molecular complexity index is 639. The van der Waals surface area contributed by atoms with Gasteiger partial charge in [0.1, 0.15) is 6.04 Å². The van der Waals surface area contributed by atoms with Crippen LogP contribution in [0.3, 0.4) is 0 Å². The standard InChI is InChI=1S/C18H26N4O4/c1-3-16(23)20-15(17(24)22-10-8-21(2)9-11-22)12-13-4-6-14(7-5-13)19-18(25)26/h4-7,15,19H,3,8-12H2,1-2H3,(H,20,23)(H,25,26). The van der Waals surface area contributed by atoms with Gasteiger partial charge in [-0.25, -0.2) is 4.79 Å². The van der Waals surface area contributed by atoms with Gasteiger partial charge in [-0.2, -0.15) is 0 Å². The molecule has 0 radical (unpaired) electrons. The first-order valence-electron chi connectivity index (χ1n) is 8.74. The van der Waals surface area contributed by atoms with E-state index >= 15 is 0 Å². The Morgan fingerprint density at radius 2 is 1.73 bits per heavy atom. The number of carboxylic acid groups (broad SMARTS) is 1. The molecule has 0 spiro atoms. The zero-order valence-corrected chi connectivity index (χ0v) is 15.2. The SMILES string of the molecule is CCC(=O)NC(Cc1ccc(NC(=O)O)cc1)C(=O)N1CCN(C)CC1. The highest BCUT2D eigenvalue weighted by molar-refractivity contribution is 5.88. The van der Waals surface area contributed by atoms with Gasteiger partial charge in [-0.05, 0) is 24.7 Å². The average molecular weight is 362 g/mol. The van der Waals surface area contributed by atoms with Crippen LogP contribution in [0.15, 0.2) is 24.3 Å². The van der Waals surface area contributed by atoms with Gasteiger partial charge in [-0.3, -0.25) is 14.9 Å². The van der Waals surface area contributed by atoms with E-state index in [0.717, 1.165) is 18.7 Å². The number of piperazine rings is 1. The molecule has 3 N–H and O–H groups in total. The van der Waals surface area contributed by atoms with Crippen molar-refractivity contribution in [3.8, 4) is 0 Å². The zero-order chi connectivity index (χ0) is 19.1. The van der Waals surface area contributed by atoms with Crippen molar-refractivity contribution in [1.82, 2.24) is 15.1 Å². The second kappa shape index (κ2) is 9.19. The molecule has 1 aliphatic heterocycles. The smallest absolute Gasteiger partial charge is 0.409 e. The molecule has 0 aliphatic carbocycles. The van der Waals surface area contributed by atoms with Crippen LogP contribution in [0.1, 0.15) is 18.9 Å². The summed E-state index contributed by atoms with van der Waals surface area (Å²) in [7, 11) is 2.02. The van der Waals surface area contributed by atoms with E-state index in [1.807, 2.05) is 7.05 Å². The largest absolute Gasteiger partial charge is 0.465 e. The lowest BCUT2D eigenvalue weighted by Crippen LogP contribution is -2.54. The third-order valence-electron chi connectivity index (χ3n) is 4.41. The van der Waals surface area contributed by atoms with E-state index in [9.17, 15) is 14.4 Å². The van der Waals surface area contributed by atoms with Crippen LogP contribution in [0, 0.1) is 0 Å². The zero-order valence-electron chi connectivity index (χ0n) is 15.2. The second-order valence-corrected chi connectivity index (χ2v) is 6.43. The highest BCUT2D eigenvalue weighted by atomic mass is 16.4. The van der Waals surface area contributed by atoms with Gasteiger partial charge in [0, 0.05) is 44.7 Å². The van der Waals surface area contributed by atoms with Gasteiger partial charge in [0.05, 0.1) is 0 Å². The maximum atomic E-state index is 12.9. The van der Waals surface area contributed by atoms with Crippen LogP contribution >= 0.6 is 0 Å². The molecule has 8 nitrogen and oxygen atoms in total. The molecule has 142 valence electrons. The van der Waals surface area contributed by atoms with Crippen LogP contribution in [0.25, 0.3) is 0 Å². The second-order valence-electron chi connectivity index (χ2n) is 6.43. The van der Waals surface area contributed by atoms with Crippen molar-refractivity contribution < 1.29 is 19.5 Å². The van der Waals surface area contributed by atoms with E-state index in [0.29, 0.717) is 31.6 Å². The van der Waals surface area contributed by atoms with Crippen LogP contribution in [-0.4, -0.2) is 72.1 Å². The minimum absolute atomic E-state index is 0.0763. The summed E-state index contributed by atoms with van der Waals surface area (Å²) in [6.07, 6.45) is -0.450. The number of carbonyl (C=O) groups is 3. The number of carbonyl (C=O) groups excluding carboxylic acids is 2. The maximum Gasteiger partial charge on any atom is 0.409 e. The highest BCUT2D eigenvalue weighted by Gasteiger charge is 2.27. The first-order valence-corrected chi connectivity index (χ1v) is 8.74. The molecule has 2 rings (SSSR count). The average Bonchev–Trinajstić information content (AvgIpc) is 2.62. The summed E-state index contributed by atoms with van der Waals surface area (Å²) >= 11 is 0. The number of hydrogen-bond acceptors (Lipinski definition) is 4. The Morgan fingerprint density at radius 1 is 1.12 bits per heavy atom. The van der Waals surface area contributed by atoms with Crippen molar-refractivity contribution >= 4 is 23.6 Å². The molecular formula is C18H26N4O4. The van der Waals surface area contributed by atoms with Crippen LogP contribution in [0.4, 0.5) is 10.5 Å². The van der Waals surface area contributed by atoms with E-state index in [-0.39, 0.29) is 11.8 Å². The third-order valence-corrected chi connectivity index (χ3v) is 4.41. The lowest BCUT2D eigenvalue weighted by molar-refractivity contribution is -0.137. The minimum atomic E-state index is -1.13. The highest BCUT2D eigenvalue weighted by Crippen LogP contribution is 2.13. The Hall–Kier alpha value is -2.61. The van der Waals surface area contributed by atoms with E-state index in [4.69, 9.17) is 5.11 Å². The summed E-state index contributed by atoms with van der Waals surface area (Å²) in [5, 5.41) is 13.8. The fraction of sp³-hybridized carbons (Fsp3) is 0.500. The normalized spacial score (nSPS) is 16.0. The molecule has 0 bridgehead atoms. The first kappa shape index (κ1) is 19.7. The van der Waals surface area contributed by atoms with Crippen molar-refractivity contribution in [1.29, 1.82) is 0 Å². The fourth-order valence-corrected chi connectivity index (χ4v) is 2.83. The number of nitrogens with one attached hydrogen (secondary N) is 2. The molecule has 26 heavy (non-hydrogen) atoms.